The number of rotatable bonds is 10. The van der Waals surface area contributed by atoms with Crippen LogP contribution >= 0.6 is 23.2 Å². The summed E-state index contributed by atoms with van der Waals surface area (Å²) in [6.45, 7) is 4.27. The Morgan fingerprint density at radius 3 is 2.21 bits per heavy atom. The van der Waals surface area contributed by atoms with Crippen LogP contribution < -0.4 is 5.32 Å². The maximum absolute atomic E-state index is 11.7. The predicted molar refractivity (Wildman–Crippen MR) is 109 cm³/mol. The Kier molecular flexibility index (Phi) is 7.92. The first-order valence-electron chi connectivity index (χ1n) is 8.96. The van der Waals surface area contributed by atoms with Crippen LogP contribution in [0.15, 0.2) is 36.5 Å². The number of hydrogen-bond donors (Lipinski definition) is 3. The third-order valence-electron chi connectivity index (χ3n) is 4.32. The van der Waals surface area contributed by atoms with Gasteiger partial charge in [0.05, 0.1) is 0 Å². The van der Waals surface area contributed by atoms with Gasteiger partial charge in [0, 0.05) is 34.9 Å². The van der Waals surface area contributed by atoms with E-state index >= 15 is 0 Å². The van der Waals surface area contributed by atoms with E-state index in [1.54, 1.807) is 18.2 Å². The van der Waals surface area contributed by atoms with E-state index in [9.17, 15) is 19.8 Å². The first kappa shape index (κ1) is 22.3. The number of carbonyl (C=O) groups is 2. The molecule has 0 radical (unpaired) electrons. The van der Waals surface area contributed by atoms with Crippen molar-refractivity contribution in [1.82, 2.24) is 9.88 Å². The van der Waals surface area contributed by atoms with E-state index in [2.05, 4.69) is 5.32 Å². The van der Waals surface area contributed by atoms with Gasteiger partial charge in [-0.1, -0.05) is 37.0 Å². The molecule has 2 aromatic rings. The van der Waals surface area contributed by atoms with Crippen LogP contribution in [0.4, 0.5) is 0 Å². The number of aromatic nitrogens is 1. The van der Waals surface area contributed by atoms with E-state index in [-0.39, 0.29) is 12.3 Å². The molecule has 0 fully saturated rings. The summed E-state index contributed by atoms with van der Waals surface area (Å²) in [6, 6.07) is 6.95. The Balaban J connectivity index is 2.17. The van der Waals surface area contributed by atoms with Gasteiger partial charge < -0.3 is 14.8 Å². The molecule has 0 aliphatic carbocycles. The number of halogens is 2. The molecule has 0 bridgehead atoms. The van der Waals surface area contributed by atoms with Gasteiger partial charge >= 0.3 is 11.9 Å². The van der Waals surface area contributed by atoms with Crippen molar-refractivity contribution in [2.75, 3.05) is 0 Å². The minimum Gasteiger partial charge on any atom is -0.480 e. The third-order valence-corrected chi connectivity index (χ3v) is 4.75. The highest BCUT2D eigenvalue weighted by Gasteiger charge is 2.27. The fourth-order valence-electron chi connectivity index (χ4n) is 3.07. The van der Waals surface area contributed by atoms with E-state index in [1.807, 2.05) is 36.7 Å². The van der Waals surface area contributed by atoms with Crippen LogP contribution in [0.2, 0.25) is 10.0 Å². The molecular weight excluding hydrogens is 403 g/mol. The molecule has 0 amide bonds. The van der Waals surface area contributed by atoms with Gasteiger partial charge in [-0.05, 0) is 48.2 Å². The Labute approximate surface area is 174 Å². The van der Waals surface area contributed by atoms with Crippen molar-refractivity contribution in [2.24, 2.45) is 5.92 Å². The second-order valence-electron chi connectivity index (χ2n) is 7.19. The molecule has 1 aromatic heterocycles. The van der Waals surface area contributed by atoms with E-state index in [0.29, 0.717) is 23.0 Å². The number of carboxylic acid groups (broad SMARTS) is 2. The molecule has 0 unspecified atom stereocenters. The molecule has 1 aromatic carbocycles. The maximum atomic E-state index is 11.7. The smallest absolute Gasteiger partial charge is 0.321 e. The van der Waals surface area contributed by atoms with Crippen molar-refractivity contribution < 1.29 is 19.8 Å². The molecule has 6 nitrogen and oxygen atoms in total. The van der Waals surface area contributed by atoms with Gasteiger partial charge in [-0.3, -0.25) is 14.9 Å². The normalized spacial score (nSPS) is 13.5. The molecule has 152 valence electrons. The highest BCUT2D eigenvalue weighted by atomic mass is 35.5. The first-order chi connectivity index (χ1) is 13.2. The molecule has 0 aliphatic heterocycles. The zero-order chi connectivity index (χ0) is 20.8. The van der Waals surface area contributed by atoms with Gasteiger partial charge in [-0.2, -0.15) is 0 Å². The summed E-state index contributed by atoms with van der Waals surface area (Å²) in [4.78, 5) is 23.2. The highest BCUT2D eigenvalue weighted by Crippen LogP contribution is 2.21. The van der Waals surface area contributed by atoms with Gasteiger partial charge in [0.25, 0.3) is 0 Å². The van der Waals surface area contributed by atoms with Crippen molar-refractivity contribution >= 4 is 35.1 Å². The zero-order valence-electron chi connectivity index (χ0n) is 15.7. The van der Waals surface area contributed by atoms with E-state index in [4.69, 9.17) is 23.2 Å². The molecule has 0 spiro atoms. The third kappa shape index (κ3) is 6.55. The van der Waals surface area contributed by atoms with E-state index in [1.165, 1.54) is 0 Å². The van der Waals surface area contributed by atoms with Crippen LogP contribution in [0.5, 0.6) is 0 Å². The monoisotopic (exact) mass is 426 g/mol. The standard InChI is InChI=1S/C20H24Cl2N2O4/c1-12(2)6-17(19(25)26)23-18(20(27)28)10-16-4-3-5-24(16)11-13-7-14(21)9-15(22)8-13/h3-5,7-9,12,17-18,23H,6,10-11H2,1-2H3,(H,25,26)(H,27,28)/t17-,18-/m0/s1. The zero-order valence-corrected chi connectivity index (χ0v) is 17.2. The first-order valence-corrected chi connectivity index (χ1v) is 9.72. The second-order valence-corrected chi connectivity index (χ2v) is 8.06. The number of aliphatic carboxylic acids is 2. The predicted octanol–water partition coefficient (Wildman–Crippen LogP) is 3.93. The van der Waals surface area contributed by atoms with Gasteiger partial charge in [-0.25, -0.2) is 0 Å². The molecule has 0 saturated heterocycles. The SMILES string of the molecule is CC(C)C[C@H](N[C@@H](Cc1cccn1Cc1cc(Cl)cc(Cl)c1)C(=O)O)C(=O)O. The fourth-order valence-corrected chi connectivity index (χ4v) is 3.64. The molecule has 0 aliphatic rings. The van der Waals surface area contributed by atoms with Crippen molar-refractivity contribution in [3.05, 3.63) is 57.8 Å². The van der Waals surface area contributed by atoms with Crippen LogP contribution in [0.1, 0.15) is 31.5 Å². The molecule has 1 heterocycles. The molecule has 8 heteroatoms. The van der Waals surface area contributed by atoms with Crippen LogP contribution in [-0.2, 0) is 22.6 Å². The van der Waals surface area contributed by atoms with Crippen molar-refractivity contribution in [3.63, 3.8) is 0 Å². The average molecular weight is 427 g/mol. The van der Waals surface area contributed by atoms with Crippen molar-refractivity contribution in [2.45, 2.75) is 45.3 Å². The molecule has 2 atom stereocenters. The number of hydrogen-bond acceptors (Lipinski definition) is 3. The summed E-state index contributed by atoms with van der Waals surface area (Å²) in [6.07, 6.45) is 2.34. The van der Waals surface area contributed by atoms with Gasteiger partial charge in [0.15, 0.2) is 0 Å². The van der Waals surface area contributed by atoms with Crippen LogP contribution in [0, 0.1) is 5.92 Å². The lowest BCUT2D eigenvalue weighted by atomic mass is 10.0. The number of nitrogens with zero attached hydrogens (tertiary/aromatic N) is 1. The Morgan fingerprint density at radius 1 is 1.07 bits per heavy atom. The second kappa shape index (κ2) is 9.96. The van der Waals surface area contributed by atoms with Gasteiger partial charge in [0.2, 0.25) is 0 Å². The van der Waals surface area contributed by atoms with Crippen molar-refractivity contribution in [3.8, 4) is 0 Å². The lowest BCUT2D eigenvalue weighted by Crippen LogP contribution is -2.49. The maximum Gasteiger partial charge on any atom is 0.321 e. The number of carboxylic acids is 2. The summed E-state index contributed by atoms with van der Waals surface area (Å²) in [7, 11) is 0. The lowest BCUT2D eigenvalue weighted by Gasteiger charge is -2.22. The highest BCUT2D eigenvalue weighted by molar-refractivity contribution is 6.34. The molecular formula is C20H24Cl2N2O4. The minimum atomic E-state index is -1.09. The van der Waals surface area contributed by atoms with Crippen LogP contribution in [-0.4, -0.2) is 38.8 Å². The van der Waals surface area contributed by atoms with Crippen LogP contribution in [0.3, 0.4) is 0 Å². The molecule has 28 heavy (non-hydrogen) atoms. The van der Waals surface area contributed by atoms with Crippen LogP contribution in [0.25, 0.3) is 0 Å². The summed E-state index contributed by atoms with van der Waals surface area (Å²) >= 11 is 12.1. The summed E-state index contributed by atoms with van der Waals surface area (Å²) in [5.74, 6) is -2.02. The van der Waals surface area contributed by atoms with Crippen molar-refractivity contribution in [1.29, 1.82) is 0 Å². The summed E-state index contributed by atoms with van der Waals surface area (Å²) in [5, 5.41) is 22.8. The van der Waals surface area contributed by atoms with Gasteiger partial charge in [0.1, 0.15) is 12.1 Å². The molecule has 0 saturated carbocycles. The topological polar surface area (TPSA) is 91.6 Å². The Morgan fingerprint density at radius 2 is 1.68 bits per heavy atom. The Bertz CT molecular complexity index is 815. The summed E-state index contributed by atoms with van der Waals surface area (Å²) in [5.41, 5.74) is 1.66. The Hall–Kier alpha value is -2.02. The van der Waals surface area contributed by atoms with Gasteiger partial charge in [-0.15, -0.1) is 0 Å². The minimum absolute atomic E-state index is 0.125. The quantitative estimate of drug-likeness (QED) is 0.535. The number of nitrogens with one attached hydrogen (secondary N) is 1. The largest absolute Gasteiger partial charge is 0.480 e. The summed E-state index contributed by atoms with van der Waals surface area (Å²) < 4.78 is 1.90. The van der Waals surface area contributed by atoms with E-state index < -0.39 is 24.0 Å². The molecule has 2 rings (SSSR count). The molecule has 3 N–H and O–H groups in total. The average Bonchev–Trinajstić information content (AvgIpc) is 2.98. The number of benzene rings is 1. The lowest BCUT2D eigenvalue weighted by molar-refractivity contribution is -0.142. The fraction of sp³-hybridized carbons (Fsp3) is 0.400. The van der Waals surface area contributed by atoms with E-state index in [0.717, 1.165) is 11.3 Å².